The molecule has 3 aromatic rings. The number of aryl methyl sites for hydroxylation is 1. The van der Waals surface area contributed by atoms with E-state index in [0.29, 0.717) is 6.54 Å². The molecule has 0 spiro atoms. The van der Waals surface area contributed by atoms with E-state index in [1.807, 2.05) is 42.1 Å². The summed E-state index contributed by atoms with van der Waals surface area (Å²) >= 11 is 7.59. The van der Waals surface area contributed by atoms with Gasteiger partial charge in [-0.25, -0.2) is 0 Å². The molecule has 0 aliphatic carbocycles. The SMILES string of the molecule is Cn1nccc1CNC(c1ccco1)c1ccc(Cl)s1. The van der Waals surface area contributed by atoms with E-state index in [-0.39, 0.29) is 6.04 Å². The Hall–Kier alpha value is -1.56. The van der Waals surface area contributed by atoms with Gasteiger partial charge in [0.05, 0.1) is 16.3 Å². The third kappa shape index (κ3) is 2.80. The van der Waals surface area contributed by atoms with E-state index in [0.717, 1.165) is 20.7 Å². The molecule has 0 saturated heterocycles. The largest absolute Gasteiger partial charge is 0.467 e. The van der Waals surface area contributed by atoms with Gasteiger partial charge in [0, 0.05) is 24.7 Å². The third-order valence-corrected chi connectivity index (χ3v) is 4.41. The maximum atomic E-state index is 6.04. The zero-order chi connectivity index (χ0) is 13.9. The molecular weight excluding hydrogens is 294 g/mol. The Morgan fingerprint density at radius 2 is 2.30 bits per heavy atom. The van der Waals surface area contributed by atoms with Gasteiger partial charge in [0.1, 0.15) is 11.8 Å². The van der Waals surface area contributed by atoms with Gasteiger partial charge >= 0.3 is 0 Å². The van der Waals surface area contributed by atoms with Crippen LogP contribution in [0.2, 0.25) is 4.34 Å². The molecule has 0 saturated carbocycles. The second kappa shape index (κ2) is 5.83. The summed E-state index contributed by atoms with van der Waals surface area (Å²) in [6.45, 7) is 0.706. The van der Waals surface area contributed by atoms with E-state index in [1.165, 1.54) is 0 Å². The van der Waals surface area contributed by atoms with Gasteiger partial charge in [0.25, 0.3) is 0 Å². The first-order valence-electron chi connectivity index (χ1n) is 6.23. The van der Waals surface area contributed by atoms with Gasteiger partial charge in [-0.3, -0.25) is 10.00 Å². The van der Waals surface area contributed by atoms with Gasteiger partial charge in [-0.1, -0.05) is 11.6 Å². The van der Waals surface area contributed by atoms with Crippen LogP contribution in [0.3, 0.4) is 0 Å². The van der Waals surface area contributed by atoms with Gasteiger partial charge in [-0.05, 0) is 30.3 Å². The topological polar surface area (TPSA) is 43.0 Å². The molecule has 0 radical (unpaired) electrons. The molecule has 0 amide bonds. The molecular formula is C14H14ClN3OS. The Morgan fingerprint density at radius 3 is 2.90 bits per heavy atom. The van der Waals surface area contributed by atoms with Crippen molar-refractivity contribution in [3.63, 3.8) is 0 Å². The van der Waals surface area contributed by atoms with Gasteiger partial charge in [-0.15, -0.1) is 11.3 Å². The van der Waals surface area contributed by atoms with Crippen LogP contribution in [0.15, 0.2) is 47.2 Å². The summed E-state index contributed by atoms with van der Waals surface area (Å²) in [4.78, 5) is 1.13. The van der Waals surface area contributed by atoms with E-state index >= 15 is 0 Å². The molecule has 0 bridgehead atoms. The van der Waals surface area contributed by atoms with Crippen molar-refractivity contribution in [2.75, 3.05) is 0 Å². The van der Waals surface area contributed by atoms with Crippen molar-refractivity contribution in [1.29, 1.82) is 0 Å². The molecule has 20 heavy (non-hydrogen) atoms. The van der Waals surface area contributed by atoms with Crippen LogP contribution in [0, 0.1) is 0 Å². The van der Waals surface area contributed by atoms with E-state index in [1.54, 1.807) is 23.8 Å². The van der Waals surface area contributed by atoms with Gasteiger partial charge < -0.3 is 4.42 Å². The van der Waals surface area contributed by atoms with Crippen LogP contribution in [0.4, 0.5) is 0 Å². The maximum Gasteiger partial charge on any atom is 0.126 e. The Bertz CT molecular complexity index is 674. The third-order valence-electron chi connectivity index (χ3n) is 3.12. The molecule has 1 unspecified atom stereocenters. The van der Waals surface area contributed by atoms with Crippen LogP contribution in [0.25, 0.3) is 0 Å². The Morgan fingerprint density at radius 1 is 1.40 bits per heavy atom. The smallest absolute Gasteiger partial charge is 0.126 e. The minimum atomic E-state index is -0.00241. The summed E-state index contributed by atoms with van der Waals surface area (Å²) < 4.78 is 8.17. The monoisotopic (exact) mass is 307 g/mol. The zero-order valence-corrected chi connectivity index (χ0v) is 12.5. The number of aromatic nitrogens is 2. The van der Waals surface area contributed by atoms with Crippen molar-refractivity contribution in [2.45, 2.75) is 12.6 Å². The Kier molecular flexibility index (Phi) is 3.91. The van der Waals surface area contributed by atoms with Crippen LogP contribution >= 0.6 is 22.9 Å². The van der Waals surface area contributed by atoms with Crippen molar-refractivity contribution < 1.29 is 4.42 Å². The highest BCUT2D eigenvalue weighted by Gasteiger charge is 2.18. The summed E-state index contributed by atoms with van der Waals surface area (Å²) in [6.07, 6.45) is 3.48. The minimum absolute atomic E-state index is 0.00241. The molecule has 0 aliphatic rings. The molecule has 1 N–H and O–H groups in total. The predicted octanol–water partition coefficient (Wildman–Crippen LogP) is 3.61. The molecule has 4 nitrogen and oxygen atoms in total. The Labute approximate surface area is 126 Å². The predicted molar refractivity (Wildman–Crippen MR) is 79.9 cm³/mol. The van der Waals surface area contributed by atoms with Crippen LogP contribution < -0.4 is 5.32 Å². The van der Waals surface area contributed by atoms with E-state index in [2.05, 4.69) is 10.4 Å². The first kappa shape index (κ1) is 13.4. The first-order valence-corrected chi connectivity index (χ1v) is 7.42. The normalized spacial score (nSPS) is 12.7. The number of nitrogens with zero attached hydrogens (tertiary/aromatic N) is 2. The summed E-state index contributed by atoms with van der Waals surface area (Å²) in [6, 6.07) is 9.78. The highest BCUT2D eigenvalue weighted by molar-refractivity contribution is 7.16. The average molecular weight is 308 g/mol. The lowest BCUT2D eigenvalue weighted by Crippen LogP contribution is -2.22. The van der Waals surface area contributed by atoms with Gasteiger partial charge in [0.15, 0.2) is 0 Å². The van der Waals surface area contributed by atoms with Gasteiger partial charge in [0.2, 0.25) is 0 Å². The highest BCUT2D eigenvalue weighted by atomic mass is 35.5. The Balaban J connectivity index is 1.81. The molecule has 3 rings (SSSR count). The number of hydrogen-bond donors (Lipinski definition) is 1. The molecule has 0 aliphatic heterocycles. The quantitative estimate of drug-likeness (QED) is 0.783. The van der Waals surface area contributed by atoms with Crippen molar-refractivity contribution >= 4 is 22.9 Å². The molecule has 3 aromatic heterocycles. The molecule has 0 aromatic carbocycles. The van der Waals surface area contributed by atoms with Crippen molar-refractivity contribution in [3.8, 4) is 0 Å². The second-order valence-corrected chi connectivity index (χ2v) is 6.16. The molecule has 6 heteroatoms. The van der Waals surface area contributed by atoms with E-state index in [9.17, 15) is 0 Å². The van der Waals surface area contributed by atoms with Gasteiger partial charge in [-0.2, -0.15) is 5.10 Å². The van der Waals surface area contributed by atoms with Crippen molar-refractivity contribution in [1.82, 2.24) is 15.1 Å². The van der Waals surface area contributed by atoms with Crippen molar-refractivity contribution in [2.24, 2.45) is 7.05 Å². The number of nitrogens with one attached hydrogen (secondary N) is 1. The van der Waals surface area contributed by atoms with Crippen LogP contribution in [-0.4, -0.2) is 9.78 Å². The lowest BCUT2D eigenvalue weighted by atomic mass is 10.2. The van der Waals surface area contributed by atoms with E-state index in [4.69, 9.17) is 16.0 Å². The molecule has 3 heterocycles. The lowest BCUT2D eigenvalue weighted by Gasteiger charge is -2.15. The lowest BCUT2D eigenvalue weighted by molar-refractivity contribution is 0.444. The summed E-state index contributed by atoms with van der Waals surface area (Å²) in [5, 5.41) is 7.66. The number of halogens is 1. The standard InChI is InChI=1S/C14H14ClN3OS/c1-18-10(6-7-17-18)9-16-14(11-3-2-8-19-11)12-4-5-13(15)20-12/h2-8,14,16H,9H2,1H3. The van der Waals surface area contributed by atoms with E-state index < -0.39 is 0 Å². The van der Waals surface area contributed by atoms with Crippen LogP contribution in [0.5, 0.6) is 0 Å². The number of furan rings is 1. The van der Waals surface area contributed by atoms with Crippen molar-refractivity contribution in [3.05, 3.63) is 63.5 Å². The zero-order valence-electron chi connectivity index (χ0n) is 10.9. The summed E-state index contributed by atoms with van der Waals surface area (Å²) in [5.74, 6) is 0.880. The highest BCUT2D eigenvalue weighted by Crippen LogP contribution is 2.31. The fourth-order valence-electron chi connectivity index (χ4n) is 2.06. The molecule has 104 valence electrons. The van der Waals surface area contributed by atoms with Crippen LogP contribution in [0.1, 0.15) is 22.4 Å². The molecule has 0 fully saturated rings. The maximum absolute atomic E-state index is 6.04. The summed E-state index contributed by atoms with van der Waals surface area (Å²) in [7, 11) is 1.93. The molecule has 1 atom stereocenters. The summed E-state index contributed by atoms with van der Waals surface area (Å²) in [5.41, 5.74) is 1.12. The first-order chi connectivity index (χ1) is 9.74. The number of rotatable bonds is 5. The number of hydrogen-bond acceptors (Lipinski definition) is 4. The number of thiophene rings is 1. The van der Waals surface area contributed by atoms with Crippen LogP contribution in [-0.2, 0) is 13.6 Å². The second-order valence-electron chi connectivity index (χ2n) is 4.42. The fourth-order valence-corrected chi connectivity index (χ4v) is 3.21. The minimum Gasteiger partial charge on any atom is -0.467 e. The fraction of sp³-hybridized carbons (Fsp3) is 0.214. The average Bonchev–Trinajstić information content (AvgIpc) is 3.14.